The molecule has 0 spiro atoms. The Labute approximate surface area is 214 Å². The molecule has 2 N–H and O–H groups in total. The number of rotatable bonds is 11. The number of nitrogens with one attached hydrogen (secondary N) is 1. The standard InChI is InChI=1S/C25H31FN4O6S/c1-25(24(32)28-33,37(4,34)35)9-10-30-16-27-22-14-18(6-8-20(22)23(30)31)19-7-5-17(13-21(19)26)15-29(2)11-12-36-3/h5-8,13-14,16,33H,9-12,15H2,1-4H3,(H,28,32). The number of sulfone groups is 1. The van der Waals surface area contributed by atoms with Gasteiger partial charge in [0.15, 0.2) is 14.6 Å². The van der Waals surface area contributed by atoms with Crippen molar-refractivity contribution in [2.45, 2.75) is 31.2 Å². The lowest BCUT2D eigenvalue weighted by atomic mass is 10.0. The topological polar surface area (TPSA) is 131 Å². The minimum atomic E-state index is -3.91. The highest BCUT2D eigenvalue weighted by Gasteiger charge is 2.43. The first kappa shape index (κ1) is 28.4. The Morgan fingerprint density at radius 3 is 2.62 bits per heavy atom. The number of ether oxygens (including phenoxy) is 1. The average molecular weight is 535 g/mol. The van der Waals surface area contributed by atoms with Gasteiger partial charge in [-0.1, -0.05) is 18.2 Å². The minimum Gasteiger partial charge on any atom is -0.383 e. The summed E-state index contributed by atoms with van der Waals surface area (Å²) < 4.78 is 43.6. The number of methoxy groups -OCH3 is 1. The summed E-state index contributed by atoms with van der Waals surface area (Å²) in [5, 5.41) is 9.23. The summed E-state index contributed by atoms with van der Waals surface area (Å²) in [4.78, 5) is 31.4. The van der Waals surface area contributed by atoms with Crippen LogP contribution in [0.15, 0.2) is 47.5 Å². The van der Waals surface area contributed by atoms with Crippen LogP contribution in [0.2, 0.25) is 0 Å². The Morgan fingerprint density at radius 2 is 2.00 bits per heavy atom. The number of fused-ring (bicyclic) bond motifs is 1. The summed E-state index contributed by atoms with van der Waals surface area (Å²) in [7, 11) is -0.353. The Morgan fingerprint density at radius 1 is 1.27 bits per heavy atom. The molecule has 0 bridgehead atoms. The van der Waals surface area contributed by atoms with E-state index in [-0.39, 0.29) is 18.4 Å². The number of aryl methyl sites for hydroxylation is 1. The second-order valence-corrected chi connectivity index (χ2v) is 11.7. The molecule has 0 fully saturated rings. The SMILES string of the molecule is COCCN(C)Cc1ccc(-c2ccc3c(=O)n(CCC(C)(C(=O)NO)S(C)(=O)=O)cnc3c2)c(F)c1. The second-order valence-electron chi connectivity index (χ2n) is 9.21. The molecule has 1 amide bonds. The lowest BCUT2D eigenvalue weighted by Crippen LogP contribution is -2.50. The fourth-order valence-corrected chi connectivity index (χ4v) is 4.78. The van der Waals surface area contributed by atoms with Gasteiger partial charge in [0.05, 0.1) is 23.8 Å². The summed E-state index contributed by atoms with van der Waals surface area (Å²) in [6.07, 6.45) is 1.88. The van der Waals surface area contributed by atoms with E-state index in [1.165, 1.54) is 29.4 Å². The maximum Gasteiger partial charge on any atom is 0.264 e. The maximum absolute atomic E-state index is 15.0. The number of nitrogens with zero attached hydrogens (tertiary/aromatic N) is 3. The number of halogens is 1. The van der Waals surface area contributed by atoms with E-state index in [9.17, 15) is 22.4 Å². The maximum atomic E-state index is 15.0. The van der Waals surface area contributed by atoms with Crippen LogP contribution in [0.25, 0.3) is 22.0 Å². The van der Waals surface area contributed by atoms with Gasteiger partial charge < -0.3 is 4.74 Å². The first-order valence-corrected chi connectivity index (χ1v) is 13.4. The van der Waals surface area contributed by atoms with Gasteiger partial charge in [-0.25, -0.2) is 23.3 Å². The summed E-state index contributed by atoms with van der Waals surface area (Å²) in [5.41, 5.74) is 3.03. The smallest absolute Gasteiger partial charge is 0.264 e. The molecule has 0 saturated carbocycles. The number of amides is 1. The summed E-state index contributed by atoms with van der Waals surface area (Å²) in [5.74, 6) is -1.48. The molecule has 0 radical (unpaired) electrons. The third-order valence-electron chi connectivity index (χ3n) is 6.53. The van der Waals surface area contributed by atoms with E-state index in [2.05, 4.69) is 4.98 Å². The molecule has 3 rings (SSSR count). The normalized spacial score (nSPS) is 13.6. The molecular weight excluding hydrogens is 503 g/mol. The number of carbonyl (C=O) groups is 1. The van der Waals surface area contributed by atoms with E-state index in [1.54, 1.807) is 31.4 Å². The number of hydroxylamine groups is 1. The Hall–Kier alpha value is -3.19. The first-order chi connectivity index (χ1) is 17.4. The van der Waals surface area contributed by atoms with Crippen molar-refractivity contribution < 1.29 is 27.5 Å². The van der Waals surface area contributed by atoms with Crippen LogP contribution in [-0.4, -0.2) is 72.3 Å². The zero-order valence-electron chi connectivity index (χ0n) is 21.2. The minimum absolute atomic E-state index is 0.130. The number of carbonyl (C=O) groups excluding carboxylic acids is 1. The van der Waals surface area contributed by atoms with Crippen LogP contribution in [0.3, 0.4) is 0 Å². The average Bonchev–Trinajstić information content (AvgIpc) is 2.85. The summed E-state index contributed by atoms with van der Waals surface area (Å²) in [6.45, 7) is 2.91. The van der Waals surface area contributed by atoms with E-state index in [4.69, 9.17) is 9.94 Å². The highest BCUT2D eigenvalue weighted by molar-refractivity contribution is 7.92. The zero-order valence-corrected chi connectivity index (χ0v) is 22.0. The third-order valence-corrected chi connectivity index (χ3v) is 8.56. The molecule has 1 unspecified atom stereocenters. The van der Waals surface area contributed by atoms with Gasteiger partial charge in [-0.05, 0) is 49.7 Å². The van der Waals surface area contributed by atoms with E-state index in [0.29, 0.717) is 29.8 Å². The van der Waals surface area contributed by atoms with Gasteiger partial charge in [-0.3, -0.25) is 24.3 Å². The van der Waals surface area contributed by atoms with Gasteiger partial charge in [0, 0.05) is 38.6 Å². The lowest BCUT2D eigenvalue weighted by molar-refractivity contribution is -0.131. The molecule has 1 aromatic heterocycles. The van der Waals surface area contributed by atoms with Gasteiger partial charge in [0.1, 0.15) is 5.82 Å². The highest BCUT2D eigenvalue weighted by atomic mass is 32.2. The molecule has 1 atom stereocenters. The van der Waals surface area contributed by atoms with E-state index in [0.717, 1.165) is 18.4 Å². The quantitative estimate of drug-likeness (QED) is 0.282. The van der Waals surface area contributed by atoms with Crippen molar-refractivity contribution in [2.75, 3.05) is 33.6 Å². The number of benzene rings is 2. The fourth-order valence-electron chi connectivity index (χ4n) is 3.93. The van der Waals surface area contributed by atoms with Crippen LogP contribution in [0.4, 0.5) is 4.39 Å². The second kappa shape index (κ2) is 11.5. The number of hydrogen-bond donors (Lipinski definition) is 2. The molecule has 10 nitrogen and oxygen atoms in total. The molecule has 2 aromatic carbocycles. The van der Waals surface area contributed by atoms with Crippen molar-refractivity contribution in [3.05, 3.63) is 64.5 Å². The highest BCUT2D eigenvalue weighted by Crippen LogP contribution is 2.27. The number of aromatic nitrogens is 2. The molecule has 1 heterocycles. The van der Waals surface area contributed by atoms with E-state index < -0.39 is 31.9 Å². The molecule has 37 heavy (non-hydrogen) atoms. The van der Waals surface area contributed by atoms with Crippen molar-refractivity contribution in [1.29, 1.82) is 0 Å². The fraction of sp³-hybridized carbons (Fsp3) is 0.400. The molecule has 0 aliphatic carbocycles. The molecule has 200 valence electrons. The van der Waals surface area contributed by atoms with Crippen LogP contribution < -0.4 is 11.0 Å². The molecule has 0 aliphatic heterocycles. The van der Waals surface area contributed by atoms with E-state index >= 15 is 0 Å². The molecule has 0 aliphatic rings. The summed E-state index contributed by atoms with van der Waals surface area (Å²) >= 11 is 0. The van der Waals surface area contributed by atoms with Crippen LogP contribution >= 0.6 is 0 Å². The number of likely N-dealkylation sites (N-methyl/N-ethyl adjacent to an activating group) is 1. The van der Waals surface area contributed by atoms with Gasteiger partial charge in [-0.2, -0.15) is 0 Å². The predicted octanol–water partition coefficient (Wildman–Crippen LogP) is 1.98. The van der Waals surface area contributed by atoms with Crippen LogP contribution in [0.1, 0.15) is 18.9 Å². The van der Waals surface area contributed by atoms with Gasteiger partial charge in [0.25, 0.3) is 11.5 Å². The zero-order chi connectivity index (χ0) is 27.4. The Bertz CT molecular complexity index is 1460. The molecule has 0 saturated heterocycles. The summed E-state index contributed by atoms with van der Waals surface area (Å²) in [6, 6.07) is 9.80. The van der Waals surface area contributed by atoms with E-state index in [1.807, 2.05) is 18.0 Å². The molecule has 12 heteroatoms. The molecule has 3 aromatic rings. The Kier molecular flexibility index (Phi) is 8.80. The van der Waals surface area contributed by atoms with Gasteiger partial charge in [0.2, 0.25) is 0 Å². The predicted molar refractivity (Wildman–Crippen MR) is 137 cm³/mol. The van der Waals surface area contributed by atoms with Crippen LogP contribution in [-0.2, 0) is 32.5 Å². The van der Waals surface area contributed by atoms with Gasteiger partial charge >= 0.3 is 0 Å². The van der Waals surface area contributed by atoms with Crippen molar-refractivity contribution in [3.63, 3.8) is 0 Å². The number of hydrogen-bond acceptors (Lipinski definition) is 8. The monoisotopic (exact) mass is 534 g/mol. The van der Waals surface area contributed by atoms with Crippen LogP contribution in [0, 0.1) is 5.82 Å². The lowest BCUT2D eigenvalue weighted by Gasteiger charge is -2.25. The van der Waals surface area contributed by atoms with Crippen molar-refractivity contribution in [3.8, 4) is 11.1 Å². The van der Waals surface area contributed by atoms with Crippen LogP contribution in [0.5, 0.6) is 0 Å². The molecular formula is C25H31FN4O6S. The van der Waals surface area contributed by atoms with Gasteiger partial charge in [-0.15, -0.1) is 0 Å². The largest absolute Gasteiger partial charge is 0.383 e. The third kappa shape index (κ3) is 6.21. The van der Waals surface area contributed by atoms with Crippen molar-refractivity contribution in [1.82, 2.24) is 19.9 Å². The Balaban J connectivity index is 1.85. The van der Waals surface area contributed by atoms with Crippen molar-refractivity contribution >= 4 is 26.6 Å². The first-order valence-electron chi connectivity index (χ1n) is 11.5. The van der Waals surface area contributed by atoms with Crippen molar-refractivity contribution in [2.24, 2.45) is 0 Å².